The van der Waals surface area contributed by atoms with Crippen LogP contribution in [0.25, 0.3) is 0 Å². The predicted octanol–water partition coefficient (Wildman–Crippen LogP) is 1.85. The van der Waals surface area contributed by atoms with Crippen LogP contribution < -0.4 is 10.8 Å². The molecule has 0 saturated heterocycles. The van der Waals surface area contributed by atoms with Gasteiger partial charge in [-0.05, 0) is 24.0 Å². The molecule has 7 heteroatoms. The number of nitrogens with zero attached hydrogens (tertiary/aromatic N) is 1. The Labute approximate surface area is 111 Å². The molecule has 0 saturated carbocycles. The zero-order chi connectivity index (χ0) is 14.1. The third-order valence-corrected chi connectivity index (χ3v) is 2.27. The fraction of sp³-hybridized carbons (Fsp3) is 0.417. The molecule has 0 fully saturated rings. The highest BCUT2D eigenvalue weighted by Crippen LogP contribution is 2.14. The Bertz CT molecular complexity index is 419. The minimum absolute atomic E-state index is 0.0529. The molecule has 0 spiro atoms. The molecule has 103 valence electrons. The van der Waals surface area contributed by atoms with E-state index in [9.17, 15) is 14.9 Å². The maximum Gasteiger partial charge on any atom is 0.597 e. The maximum atomic E-state index is 11.0. The predicted molar refractivity (Wildman–Crippen MR) is 70.6 cm³/mol. The second-order valence-electron chi connectivity index (χ2n) is 3.85. The lowest BCUT2D eigenvalue weighted by Gasteiger charge is -2.04. The molecule has 1 aromatic carbocycles. The minimum Gasteiger partial charge on any atom is -0.384 e. The number of non-ortho nitro benzene ring substituents is 1. The van der Waals surface area contributed by atoms with E-state index >= 15 is 0 Å². The fourth-order valence-electron chi connectivity index (χ4n) is 1.35. The second kappa shape index (κ2) is 8.04. The van der Waals surface area contributed by atoms with Gasteiger partial charge in [-0.15, -0.1) is 0 Å². The summed E-state index contributed by atoms with van der Waals surface area (Å²) < 4.78 is 0. The van der Waals surface area contributed by atoms with E-state index in [0.29, 0.717) is 19.5 Å². The van der Waals surface area contributed by atoms with E-state index in [1.165, 1.54) is 12.1 Å². The summed E-state index contributed by atoms with van der Waals surface area (Å²) in [5, 5.41) is 13.5. The number of carbonyl (C=O) groups excluding carboxylic acids is 1. The van der Waals surface area contributed by atoms with E-state index in [1.54, 1.807) is 12.1 Å². The quantitative estimate of drug-likeness (QED) is 0.323. The molecule has 0 aliphatic carbocycles. The average molecular weight is 267 g/mol. The van der Waals surface area contributed by atoms with Crippen molar-refractivity contribution in [2.45, 2.75) is 19.8 Å². The highest BCUT2D eigenvalue weighted by molar-refractivity contribution is 5.68. The van der Waals surface area contributed by atoms with Crippen LogP contribution in [0.5, 0.6) is 0 Å². The van der Waals surface area contributed by atoms with Gasteiger partial charge in [0.25, 0.3) is 5.69 Å². The van der Waals surface area contributed by atoms with Gasteiger partial charge in [-0.25, -0.2) is 0 Å². The highest BCUT2D eigenvalue weighted by atomic mass is 16.7. The van der Waals surface area contributed by atoms with Crippen LogP contribution in [0.2, 0.25) is 0 Å². The first-order valence-corrected chi connectivity index (χ1v) is 6.04. The Kier molecular flexibility index (Phi) is 6.31. The van der Waals surface area contributed by atoms with Crippen molar-refractivity contribution < 1.29 is 14.6 Å². The van der Waals surface area contributed by atoms with Crippen molar-refractivity contribution in [1.29, 1.82) is 0 Å². The molecule has 1 aromatic rings. The van der Waals surface area contributed by atoms with Crippen LogP contribution in [0, 0.1) is 10.1 Å². The number of benzene rings is 1. The first-order chi connectivity index (χ1) is 9.13. The number of hydrogen-bond donors (Lipinski definition) is 2. The van der Waals surface area contributed by atoms with E-state index < -0.39 is 4.92 Å². The number of nitro groups is 1. The Morgan fingerprint density at radius 1 is 1.37 bits per heavy atom. The van der Waals surface area contributed by atoms with Crippen LogP contribution in [-0.4, -0.2) is 24.0 Å². The van der Waals surface area contributed by atoms with Gasteiger partial charge in [-0.1, -0.05) is 6.92 Å². The molecule has 1 rings (SSSR count). The number of carbonyl (C=O) groups is 1. The van der Waals surface area contributed by atoms with E-state index in [2.05, 4.69) is 10.8 Å². The van der Waals surface area contributed by atoms with Gasteiger partial charge >= 0.3 is 5.97 Å². The van der Waals surface area contributed by atoms with Crippen LogP contribution in [0.4, 0.5) is 11.4 Å². The highest BCUT2D eigenvalue weighted by Gasteiger charge is 2.14. The molecular weight excluding hydrogens is 250 g/mol. The summed E-state index contributed by atoms with van der Waals surface area (Å²) in [5.74, 6) is -0.280. The zero-order valence-electron chi connectivity index (χ0n) is 10.7. The van der Waals surface area contributed by atoms with Crippen molar-refractivity contribution in [1.82, 2.24) is 5.48 Å². The summed E-state index contributed by atoms with van der Waals surface area (Å²) in [6, 6.07) is 6.11. The minimum atomic E-state index is -0.446. The van der Waals surface area contributed by atoms with Crippen molar-refractivity contribution in [3.63, 3.8) is 0 Å². The molecule has 7 nitrogen and oxygen atoms in total. The molecule has 1 radical (unpaired) electrons. The van der Waals surface area contributed by atoms with Crippen molar-refractivity contribution in [2.75, 3.05) is 18.4 Å². The maximum absolute atomic E-state index is 11.0. The van der Waals surface area contributed by atoms with Gasteiger partial charge in [-0.2, -0.15) is 4.84 Å². The normalized spacial score (nSPS) is 9.95. The molecule has 0 atom stereocenters. The summed E-state index contributed by atoms with van der Waals surface area (Å²) in [7, 11) is 0. The molecule has 2 N–H and O–H groups in total. The SMILES string of the molecule is CCCC(=[O+])ONCCNc1ccc([N+](=O)[O-])cc1. The molecule has 0 aliphatic rings. The van der Waals surface area contributed by atoms with Crippen LogP contribution in [0.3, 0.4) is 0 Å². The average Bonchev–Trinajstić information content (AvgIpc) is 2.39. The van der Waals surface area contributed by atoms with Crippen LogP contribution in [0.15, 0.2) is 24.3 Å². The molecular formula is C12H17N3O4+. The third kappa shape index (κ3) is 5.82. The van der Waals surface area contributed by atoms with Gasteiger partial charge < -0.3 is 5.32 Å². The standard InChI is InChI=1S/C12H17N3O4/c1-2-3-12(16)19-14-9-8-13-10-4-6-11(7-5-10)15(17)18/h4-7,13-14H,2-3,8-9H2,1H3/q+1. The second-order valence-corrected chi connectivity index (χ2v) is 3.85. The van der Waals surface area contributed by atoms with Gasteiger partial charge in [-0.3, -0.25) is 10.1 Å². The van der Waals surface area contributed by atoms with E-state index in [0.717, 1.165) is 12.1 Å². The molecule has 0 aromatic heterocycles. The Morgan fingerprint density at radius 3 is 2.63 bits per heavy atom. The molecule has 0 unspecified atom stereocenters. The summed E-state index contributed by atoms with van der Waals surface area (Å²) in [6.45, 7) is 2.89. The first kappa shape index (κ1) is 14.9. The number of hydrogen-bond acceptors (Lipinski definition) is 6. The van der Waals surface area contributed by atoms with Gasteiger partial charge in [0.2, 0.25) is 0 Å². The summed E-state index contributed by atoms with van der Waals surface area (Å²) in [5.41, 5.74) is 3.37. The Hall–Kier alpha value is -2.15. The smallest absolute Gasteiger partial charge is 0.384 e. The monoisotopic (exact) mass is 267 g/mol. The van der Waals surface area contributed by atoms with Crippen LogP contribution >= 0.6 is 0 Å². The molecule has 0 aliphatic heterocycles. The summed E-state index contributed by atoms with van der Waals surface area (Å²) in [4.78, 5) is 25.8. The summed E-state index contributed by atoms with van der Waals surface area (Å²) in [6.07, 6.45) is 1.14. The lowest BCUT2D eigenvalue weighted by atomic mass is 10.3. The molecule has 0 amide bonds. The molecule has 19 heavy (non-hydrogen) atoms. The van der Waals surface area contributed by atoms with Crippen LogP contribution in [-0.2, 0) is 9.63 Å². The lowest BCUT2D eigenvalue weighted by Crippen LogP contribution is -2.25. The van der Waals surface area contributed by atoms with Gasteiger partial charge in [0, 0.05) is 24.4 Å². The Morgan fingerprint density at radius 2 is 2.05 bits per heavy atom. The molecule has 0 heterocycles. The van der Waals surface area contributed by atoms with Gasteiger partial charge in [0.05, 0.1) is 16.3 Å². The van der Waals surface area contributed by atoms with E-state index in [4.69, 9.17) is 4.84 Å². The third-order valence-electron chi connectivity index (χ3n) is 2.27. The number of anilines is 1. The topological polar surface area (TPSA) is 96.3 Å². The Balaban J connectivity index is 2.19. The van der Waals surface area contributed by atoms with Gasteiger partial charge in [0.15, 0.2) is 0 Å². The first-order valence-electron chi connectivity index (χ1n) is 6.04. The van der Waals surface area contributed by atoms with Crippen molar-refractivity contribution in [2.24, 2.45) is 0 Å². The fourth-order valence-corrected chi connectivity index (χ4v) is 1.35. The van der Waals surface area contributed by atoms with E-state index in [1.807, 2.05) is 6.92 Å². The number of nitro benzene ring substituents is 1. The van der Waals surface area contributed by atoms with Crippen molar-refractivity contribution in [3.8, 4) is 0 Å². The van der Waals surface area contributed by atoms with Gasteiger partial charge in [0.1, 0.15) is 6.42 Å². The largest absolute Gasteiger partial charge is 0.597 e. The summed E-state index contributed by atoms with van der Waals surface area (Å²) >= 11 is 0. The van der Waals surface area contributed by atoms with Crippen molar-refractivity contribution >= 4 is 17.3 Å². The number of rotatable bonds is 8. The number of hydroxylamine groups is 1. The lowest BCUT2D eigenvalue weighted by molar-refractivity contribution is -0.384. The van der Waals surface area contributed by atoms with Crippen molar-refractivity contribution in [3.05, 3.63) is 34.4 Å². The molecule has 0 bridgehead atoms. The zero-order valence-corrected chi connectivity index (χ0v) is 10.7. The van der Waals surface area contributed by atoms with Crippen LogP contribution in [0.1, 0.15) is 19.8 Å². The number of nitrogens with one attached hydrogen (secondary N) is 2. The van der Waals surface area contributed by atoms with E-state index in [-0.39, 0.29) is 11.7 Å².